The predicted octanol–water partition coefficient (Wildman–Crippen LogP) is 5.81. The molecule has 0 aromatic heterocycles. The van der Waals surface area contributed by atoms with Gasteiger partial charge in [0.1, 0.15) is 0 Å². The van der Waals surface area contributed by atoms with E-state index < -0.39 is 0 Å². The molecule has 2 spiro atoms. The van der Waals surface area contributed by atoms with E-state index in [2.05, 4.69) is 66.9 Å². The lowest BCUT2D eigenvalue weighted by molar-refractivity contribution is -0.141. The fraction of sp³-hybridized carbons (Fsp3) is 0.483. The average molecular weight is 426 g/mol. The molecule has 2 aromatic rings. The minimum Gasteiger partial charge on any atom is -0.359 e. The van der Waals surface area contributed by atoms with Crippen LogP contribution in [0.5, 0.6) is 0 Å². The Morgan fingerprint density at radius 1 is 1.06 bits per heavy atom. The number of carbonyl (C=O) groups excluding carboxylic acids is 1. The van der Waals surface area contributed by atoms with Crippen LogP contribution in [-0.2, 0) is 9.53 Å². The van der Waals surface area contributed by atoms with Gasteiger partial charge in [-0.05, 0) is 83.3 Å². The van der Waals surface area contributed by atoms with Gasteiger partial charge in [0.15, 0.2) is 0 Å². The van der Waals surface area contributed by atoms with Crippen molar-refractivity contribution in [3.8, 4) is 0 Å². The third-order valence-electron chi connectivity index (χ3n) is 9.68. The highest BCUT2D eigenvalue weighted by molar-refractivity contribution is 5.83. The highest BCUT2D eigenvalue weighted by Crippen LogP contribution is 2.68. The first-order valence-corrected chi connectivity index (χ1v) is 12.4. The molecule has 5 aliphatic rings. The van der Waals surface area contributed by atoms with E-state index in [-0.39, 0.29) is 22.5 Å². The van der Waals surface area contributed by atoms with Gasteiger partial charge >= 0.3 is 0 Å². The molecule has 2 saturated heterocycles. The standard InChI is InChI=1S/C29H31NO2/c1-27-12-10-23-17-22-11-15-30-26(31)18-28(22)13-14-29(23,32-28)25(27)9-8-24(27)21-7-6-19-4-2-3-5-20(19)16-21/h2-7,10,16-17,24-25H,8-9,11-15,18H2,1H3,(H,30,31)/t24-,25-,27-,28-,29-/m1/s1. The van der Waals surface area contributed by atoms with E-state index in [1.807, 2.05) is 0 Å². The van der Waals surface area contributed by atoms with Gasteiger partial charge < -0.3 is 10.1 Å². The molecule has 2 aliphatic carbocycles. The lowest BCUT2D eigenvalue weighted by Gasteiger charge is -2.53. The van der Waals surface area contributed by atoms with E-state index in [1.165, 1.54) is 40.3 Å². The van der Waals surface area contributed by atoms with E-state index >= 15 is 0 Å². The van der Waals surface area contributed by atoms with Crippen LogP contribution >= 0.6 is 0 Å². The molecule has 0 unspecified atom stereocenters. The molecule has 7 rings (SSSR count). The van der Waals surface area contributed by atoms with E-state index in [4.69, 9.17) is 4.74 Å². The molecule has 0 radical (unpaired) electrons. The Morgan fingerprint density at radius 3 is 2.84 bits per heavy atom. The van der Waals surface area contributed by atoms with Gasteiger partial charge in [0.25, 0.3) is 0 Å². The first kappa shape index (κ1) is 19.1. The van der Waals surface area contributed by atoms with Crippen LogP contribution in [0.2, 0.25) is 0 Å². The molecule has 164 valence electrons. The third kappa shape index (κ3) is 2.38. The number of hydrogen-bond donors (Lipinski definition) is 1. The first-order chi connectivity index (χ1) is 15.5. The summed E-state index contributed by atoms with van der Waals surface area (Å²) < 4.78 is 7.17. The zero-order valence-corrected chi connectivity index (χ0v) is 18.8. The van der Waals surface area contributed by atoms with E-state index in [0.717, 1.165) is 32.2 Å². The van der Waals surface area contributed by atoms with E-state index in [0.29, 0.717) is 18.3 Å². The van der Waals surface area contributed by atoms with Crippen molar-refractivity contribution in [1.29, 1.82) is 0 Å². The Balaban J connectivity index is 1.31. The van der Waals surface area contributed by atoms with Gasteiger partial charge in [-0.3, -0.25) is 4.79 Å². The summed E-state index contributed by atoms with van der Waals surface area (Å²) >= 11 is 0. The zero-order valence-electron chi connectivity index (χ0n) is 18.8. The van der Waals surface area contributed by atoms with Gasteiger partial charge in [-0.1, -0.05) is 61.5 Å². The van der Waals surface area contributed by atoms with Crippen molar-refractivity contribution in [3.63, 3.8) is 0 Å². The molecule has 32 heavy (non-hydrogen) atoms. The van der Waals surface area contributed by atoms with Crippen LogP contribution in [0.15, 0.2) is 65.8 Å². The van der Waals surface area contributed by atoms with Crippen LogP contribution in [0.3, 0.4) is 0 Å². The van der Waals surface area contributed by atoms with Crippen molar-refractivity contribution in [2.75, 3.05) is 6.54 Å². The molecular formula is C29H31NO2. The van der Waals surface area contributed by atoms with Gasteiger partial charge in [0.2, 0.25) is 5.91 Å². The number of allylic oxidation sites excluding steroid dienone is 1. The van der Waals surface area contributed by atoms with Crippen LogP contribution in [0, 0.1) is 11.3 Å². The Labute approximate surface area is 189 Å². The number of nitrogens with one attached hydrogen (secondary N) is 1. The monoisotopic (exact) mass is 425 g/mol. The van der Waals surface area contributed by atoms with Crippen molar-refractivity contribution in [2.45, 2.75) is 69.0 Å². The van der Waals surface area contributed by atoms with E-state index in [9.17, 15) is 4.79 Å². The molecule has 5 atom stereocenters. The molecule has 3 heterocycles. The molecule has 2 aromatic carbocycles. The van der Waals surface area contributed by atoms with Gasteiger partial charge in [-0.15, -0.1) is 0 Å². The minimum atomic E-state index is -0.364. The Bertz CT molecular complexity index is 1210. The smallest absolute Gasteiger partial charge is 0.223 e. The second-order valence-electron chi connectivity index (χ2n) is 11.1. The molecule has 1 saturated carbocycles. The van der Waals surface area contributed by atoms with Crippen LogP contribution < -0.4 is 5.32 Å². The zero-order chi connectivity index (χ0) is 21.6. The third-order valence-corrected chi connectivity index (χ3v) is 9.68. The predicted molar refractivity (Wildman–Crippen MR) is 126 cm³/mol. The van der Waals surface area contributed by atoms with Crippen molar-refractivity contribution in [2.24, 2.45) is 11.3 Å². The number of ether oxygens (including phenoxy) is 1. The molecular weight excluding hydrogens is 394 g/mol. The molecule has 3 fully saturated rings. The average Bonchev–Trinajstić information content (AvgIpc) is 3.25. The maximum atomic E-state index is 12.5. The van der Waals surface area contributed by atoms with Crippen molar-refractivity contribution in [3.05, 3.63) is 71.3 Å². The summed E-state index contributed by atoms with van der Waals surface area (Å²) in [6.45, 7) is 3.25. The molecule has 3 aliphatic heterocycles. The lowest BCUT2D eigenvalue weighted by atomic mass is 9.58. The summed E-state index contributed by atoms with van der Waals surface area (Å²) in [7, 11) is 0. The first-order valence-electron chi connectivity index (χ1n) is 12.4. The Morgan fingerprint density at radius 2 is 1.94 bits per heavy atom. The van der Waals surface area contributed by atoms with Crippen molar-refractivity contribution < 1.29 is 9.53 Å². The topological polar surface area (TPSA) is 38.3 Å². The summed E-state index contributed by atoms with van der Waals surface area (Å²) in [6, 6.07) is 15.8. The van der Waals surface area contributed by atoms with Crippen molar-refractivity contribution in [1.82, 2.24) is 5.32 Å². The highest BCUT2D eigenvalue weighted by Gasteiger charge is 2.66. The summed E-state index contributed by atoms with van der Waals surface area (Å²) in [4.78, 5) is 12.5. The van der Waals surface area contributed by atoms with Gasteiger partial charge in [0, 0.05) is 6.54 Å². The fourth-order valence-corrected chi connectivity index (χ4v) is 8.17. The highest BCUT2D eigenvalue weighted by atomic mass is 16.5. The van der Waals surface area contributed by atoms with Crippen LogP contribution in [0.25, 0.3) is 10.8 Å². The van der Waals surface area contributed by atoms with Gasteiger partial charge in [-0.2, -0.15) is 0 Å². The summed E-state index contributed by atoms with van der Waals surface area (Å²) in [5.41, 5.74) is 3.87. The minimum absolute atomic E-state index is 0.150. The molecule has 3 heteroatoms. The maximum absolute atomic E-state index is 12.5. The fourth-order valence-electron chi connectivity index (χ4n) is 8.17. The Kier molecular flexibility index (Phi) is 3.79. The molecule has 3 nitrogen and oxygen atoms in total. The molecule has 1 amide bonds. The van der Waals surface area contributed by atoms with Crippen LogP contribution in [-0.4, -0.2) is 23.7 Å². The van der Waals surface area contributed by atoms with Crippen LogP contribution in [0.4, 0.5) is 0 Å². The van der Waals surface area contributed by atoms with E-state index in [1.54, 1.807) is 0 Å². The summed E-state index contributed by atoms with van der Waals surface area (Å²) in [5.74, 6) is 1.21. The number of hydrogen-bond acceptors (Lipinski definition) is 2. The van der Waals surface area contributed by atoms with Gasteiger partial charge in [0.05, 0.1) is 17.6 Å². The number of carbonyl (C=O) groups is 1. The number of rotatable bonds is 1. The van der Waals surface area contributed by atoms with Gasteiger partial charge in [-0.25, -0.2) is 0 Å². The lowest BCUT2D eigenvalue weighted by Crippen LogP contribution is -2.53. The van der Waals surface area contributed by atoms with Crippen LogP contribution in [0.1, 0.15) is 63.4 Å². The summed E-state index contributed by atoms with van der Waals surface area (Å²) in [6.07, 6.45) is 11.9. The maximum Gasteiger partial charge on any atom is 0.223 e. The molecule has 2 bridgehead atoms. The number of fused-ring (bicyclic) bond motifs is 2. The second kappa shape index (κ2) is 6.35. The van der Waals surface area contributed by atoms with Crippen molar-refractivity contribution >= 4 is 16.7 Å². The number of amides is 1. The Hall–Kier alpha value is -2.39. The normalized spacial score (nSPS) is 40.0. The quantitative estimate of drug-likeness (QED) is 0.626. The number of benzene rings is 2. The second-order valence-corrected chi connectivity index (χ2v) is 11.1. The largest absolute Gasteiger partial charge is 0.359 e. The summed E-state index contributed by atoms with van der Waals surface area (Å²) in [5, 5.41) is 5.73. The SMILES string of the molecule is C[C@]12CC=C3C=C4CCNC(=O)C[C@]45CC[C@]3(O5)[C@@H]1CC[C@@H]2c1ccc2ccccc2c1. The molecule has 1 N–H and O–H groups in total.